The summed E-state index contributed by atoms with van der Waals surface area (Å²) in [5, 5.41) is 2.99. The van der Waals surface area contributed by atoms with E-state index in [4.69, 9.17) is 5.73 Å². The van der Waals surface area contributed by atoms with Crippen LogP contribution in [0.3, 0.4) is 0 Å². The van der Waals surface area contributed by atoms with Crippen molar-refractivity contribution >= 4 is 29.0 Å². The van der Waals surface area contributed by atoms with Crippen LogP contribution in [0.15, 0.2) is 35.7 Å². The van der Waals surface area contributed by atoms with Crippen LogP contribution in [0.2, 0.25) is 0 Å². The third-order valence-electron chi connectivity index (χ3n) is 3.84. The van der Waals surface area contributed by atoms with E-state index in [0.717, 1.165) is 17.3 Å². The minimum atomic E-state index is 0.0111. The molecule has 0 spiro atoms. The van der Waals surface area contributed by atoms with Crippen molar-refractivity contribution in [3.05, 3.63) is 52.0 Å². The van der Waals surface area contributed by atoms with Gasteiger partial charge in [0.05, 0.1) is 6.04 Å². The molecule has 1 aliphatic rings. The molecule has 2 heterocycles. The van der Waals surface area contributed by atoms with Gasteiger partial charge in [-0.3, -0.25) is 4.79 Å². The summed E-state index contributed by atoms with van der Waals surface area (Å²) < 4.78 is 0. The fraction of sp³-hybridized carbons (Fsp3) is 0.375. The Morgan fingerprint density at radius 2 is 2.18 bits per heavy atom. The number of hydrogen-bond donors (Lipinski definition) is 1. The van der Waals surface area contributed by atoms with Crippen molar-refractivity contribution in [3.8, 4) is 0 Å². The van der Waals surface area contributed by atoms with E-state index in [-0.39, 0.29) is 11.9 Å². The van der Waals surface area contributed by atoms with Gasteiger partial charge < -0.3 is 10.6 Å². The third-order valence-corrected chi connectivity index (χ3v) is 5.91. The minimum absolute atomic E-state index is 0.0111. The fourth-order valence-electron chi connectivity index (χ4n) is 2.80. The second-order valence-electron chi connectivity index (χ2n) is 5.26. The van der Waals surface area contributed by atoms with E-state index in [1.165, 1.54) is 16.9 Å². The number of hydrogen-bond acceptors (Lipinski definition) is 5. The van der Waals surface area contributed by atoms with Crippen molar-refractivity contribution < 1.29 is 4.79 Å². The molecule has 0 saturated carbocycles. The van der Waals surface area contributed by atoms with Gasteiger partial charge in [0.15, 0.2) is 0 Å². The van der Waals surface area contributed by atoms with E-state index in [9.17, 15) is 4.79 Å². The van der Waals surface area contributed by atoms with Crippen LogP contribution in [-0.2, 0) is 6.54 Å². The molecule has 1 aliphatic heterocycles. The first kappa shape index (κ1) is 15.5. The number of nitrogens with zero attached hydrogens (tertiary/aromatic N) is 2. The van der Waals surface area contributed by atoms with Gasteiger partial charge in [-0.2, -0.15) is 11.8 Å². The number of amides is 1. The van der Waals surface area contributed by atoms with E-state index in [1.807, 2.05) is 40.2 Å². The van der Waals surface area contributed by atoms with E-state index < -0.39 is 0 Å². The Labute approximate surface area is 138 Å². The monoisotopic (exact) mass is 333 g/mol. The topological polar surface area (TPSA) is 59.2 Å². The summed E-state index contributed by atoms with van der Waals surface area (Å²) in [6.45, 7) is 3.32. The Balaban J connectivity index is 1.90. The number of thiazole rings is 1. The van der Waals surface area contributed by atoms with Gasteiger partial charge in [-0.15, -0.1) is 11.3 Å². The van der Waals surface area contributed by atoms with Gasteiger partial charge >= 0.3 is 0 Å². The highest BCUT2D eigenvalue weighted by atomic mass is 32.2. The molecule has 1 amide bonds. The summed E-state index contributed by atoms with van der Waals surface area (Å²) in [5.41, 5.74) is 7.31. The van der Waals surface area contributed by atoms with Gasteiger partial charge in [-0.25, -0.2) is 4.98 Å². The van der Waals surface area contributed by atoms with Gasteiger partial charge in [0.2, 0.25) is 0 Å². The lowest BCUT2D eigenvalue weighted by Gasteiger charge is -2.39. The highest BCUT2D eigenvalue weighted by Crippen LogP contribution is 2.36. The summed E-state index contributed by atoms with van der Waals surface area (Å²) in [7, 11) is 0. The Morgan fingerprint density at radius 1 is 1.41 bits per heavy atom. The predicted octanol–water partition coefficient (Wildman–Crippen LogP) is 2.92. The summed E-state index contributed by atoms with van der Waals surface area (Å²) in [6.07, 6.45) is 0. The van der Waals surface area contributed by atoms with Crippen molar-refractivity contribution in [3.63, 3.8) is 0 Å². The molecule has 1 fully saturated rings. The smallest absolute Gasteiger partial charge is 0.273 e. The van der Waals surface area contributed by atoms with Crippen LogP contribution in [0.5, 0.6) is 0 Å². The molecule has 3 rings (SSSR count). The highest BCUT2D eigenvalue weighted by molar-refractivity contribution is 8.00. The largest absolute Gasteiger partial charge is 0.328 e. The minimum Gasteiger partial charge on any atom is -0.328 e. The molecule has 116 valence electrons. The van der Waals surface area contributed by atoms with Crippen LogP contribution in [0.25, 0.3) is 0 Å². The van der Waals surface area contributed by atoms with Crippen LogP contribution in [0.1, 0.15) is 34.0 Å². The summed E-state index contributed by atoms with van der Waals surface area (Å²) in [4.78, 5) is 19.2. The van der Waals surface area contributed by atoms with Crippen molar-refractivity contribution in [1.29, 1.82) is 0 Å². The second-order valence-corrected chi connectivity index (χ2v) is 7.69. The lowest BCUT2D eigenvalue weighted by Crippen LogP contribution is -2.44. The van der Waals surface area contributed by atoms with Crippen LogP contribution >= 0.6 is 23.1 Å². The van der Waals surface area contributed by atoms with Crippen LogP contribution in [0, 0.1) is 0 Å². The zero-order chi connectivity index (χ0) is 15.5. The van der Waals surface area contributed by atoms with Gasteiger partial charge in [-0.05, 0) is 5.56 Å². The number of rotatable bonds is 3. The molecule has 2 atom stereocenters. The SMILES string of the molecule is C[C@@H]1SCCN(C(=O)c2csc(CN)n2)[C@H]1c1ccccc1. The number of thioether (sulfide) groups is 1. The molecule has 2 aromatic rings. The van der Waals surface area contributed by atoms with Crippen LogP contribution in [0.4, 0.5) is 0 Å². The van der Waals surface area contributed by atoms with E-state index in [2.05, 4.69) is 24.0 Å². The van der Waals surface area contributed by atoms with Gasteiger partial charge in [-0.1, -0.05) is 37.3 Å². The zero-order valence-electron chi connectivity index (χ0n) is 12.4. The molecule has 1 aromatic carbocycles. The van der Waals surface area contributed by atoms with Crippen molar-refractivity contribution in [1.82, 2.24) is 9.88 Å². The maximum Gasteiger partial charge on any atom is 0.273 e. The molecule has 2 N–H and O–H groups in total. The first-order valence-electron chi connectivity index (χ1n) is 7.32. The van der Waals surface area contributed by atoms with E-state index >= 15 is 0 Å². The second kappa shape index (κ2) is 6.81. The Kier molecular flexibility index (Phi) is 4.81. The third kappa shape index (κ3) is 3.04. The van der Waals surface area contributed by atoms with Crippen molar-refractivity contribution in [2.24, 2.45) is 5.73 Å². The molecule has 0 unspecified atom stereocenters. The number of carbonyl (C=O) groups excluding carboxylic acids is 1. The van der Waals surface area contributed by atoms with Crippen molar-refractivity contribution in [2.45, 2.75) is 24.8 Å². The highest BCUT2D eigenvalue weighted by Gasteiger charge is 2.34. The standard InChI is InChI=1S/C16H19N3OS2/c1-11-15(12-5-3-2-4-6-12)19(7-8-21-11)16(20)13-10-22-14(9-17)18-13/h2-6,10-11,15H,7-9,17H2,1H3/t11-,15+/m0/s1. The Hall–Kier alpha value is -1.37. The zero-order valence-corrected chi connectivity index (χ0v) is 14.1. The number of nitrogens with two attached hydrogens (primary N) is 1. The molecular formula is C16H19N3OS2. The number of benzene rings is 1. The Morgan fingerprint density at radius 3 is 2.86 bits per heavy atom. The first-order valence-corrected chi connectivity index (χ1v) is 9.25. The molecular weight excluding hydrogens is 314 g/mol. The summed E-state index contributed by atoms with van der Waals surface area (Å²) >= 11 is 3.37. The molecule has 6 heteroatoms. The molecule has 4 nitrogen and oxygen atoms in total. The fourth-order valence-corrected chi connectivity index (χ4v) is 4.61. The average Bonchev–Trinajstić information content (AvgIpc) is 3.04. The molecule has 0 bridgehead atoms. The van der Waals surface area contributed by atoms with E-state index in [0.29, 0.717) is 17.5 Å². The van der Waals surface area contributed by atoms with Gasteiger partial charge in [0.25, 0.3) is 5.91 Å². The van der Waals surface area contributed by atoms with Crippen molar-refractivity contribution in [2.75, 3.05) is 12.3 Å². The molecule has 22 heavy (non-hydrogen) atoms. The summed E-state index contributed by atoms with van der Waals surface area (Å²) in [5.74, 6) is 0.973. The maximum atomic E-state index is 12.9. The lowest BCUT2D eigenvalue weighted by molar-refractivity contribution is 0.0675. The molecule has 1 aromatic heterocycles. The number of carbonyl (C=O) groups is 1. The van der Waals surface area contributed by atoms with Gasteiger partial charge in [0.1, 0.15) is 10.7 Å². The number of aromatic nitrogens is 1. The van der Waals surface area contributed by atoms with Gasteiger partial charge in [0, 0.05) is 29.5 Å². The molecule has 0 radical (unpaired) electrons. The van der Waals surface area contributed by atoms with E-state index in [1.54, 1.807) is 0 Å². The normalized spacial score (nSPS) is 21.8. The quantitative estimate of drug-likeness (QED) is 0.938. The van der Waals surface area contributed by atoms with Crippen LogP contribution < -0.4 is 5.73 Å². The lowest BCUT2D eigenvalue weighted by atomic mass is 10.0. The average molecular weight is 333 g/mol. The molecule has 1 saturated heterocycles. The maximum absolute atomic E-state index is 12.9. The molecule has 0 aliphatic carbocycles. The predicted molar refractivity (Wildman–Crippen MR) is 92.1 cm³/mol. The Bertz CT molecular complexity index is 644. The first-order chi connectivity index (χ1) is 10.7. The summed E-state index contributed by atoms with van der Waals surface area (Å²) in [6, 6.07) is 10.3. The van der Waals surface area contributed by atoms with Crippen LogP contribution in [-0.4, -0.2) is 33.3 Å².